The van der Waals surface area contributed by atoms with Crippen LogP contribution in [0.1, 0.15) is 28.8 Å². The number of hydrogen-bond acceptors (Lipinski definition) is 3. The third-order valence-electron chi connectivity index (χ3n) is 5.99. The van der Waals surface area contributed by atoms with E-state index < -0.39 is 0 Å². The summed E-state index contributed by atoms with van der Waals surface area (Å²) in [7, 11) is 0. The van der Waals surface area contributed by atoms with Gasteiger partial charge in [-0.25, -0.2) is 4.79 Å². The first-order valence-corrected chi connectivity index (χ1v) is 9.30. The maximum Gasteiger partial charge on any atom is 0.322 e. The number of nitrogens with zero attached hydrogens (tertiary/aromatic N) is 2. The summed E-state index contributed by atoms with van der Waals surface area (Å²) in [5, 5.41) is 6.30. The van der Waals surface area contributed by atoms with E-state index in [0.717, 1.165) is 55.8 Å². The van der Waals surface area contributed by atoms with Crippen molar-refractivity contribution in [3.63, 3.8) is 0 Å². The minimum absolute atomic E-state index is 0. The monoisotopic (exact) mass is 378 g/mol. The predicted molar refractivity (Wildman–Crippen MR) is 104 cm³/mol. The molecule has 0 spiro atoms. The van der Waals surface area contributed by atoms with Crippen LogP contribution >= 0.6 is 12.4 Å². The number of benzene rings is 1. The Kier molecular flexibility index (Phi) is 5.73. The van der Waals surface area contributed by atoms with Crippen LogP contribution in [0, 0.1) is 18.8 Å². The molecular weight excluding hydrogens is 352 g/mol. The Morgan fingerprint density at radius 1 is 1.12 bits per heavy atom. The van der Waals surface area contributed by atoms with Crippen LogP contribution in [0.15, 0.2) is 18.2 Å². The first-order chi connectivity index (χ1) is 12.1. The van der Waals surface area contributed by atoms with Crippen LogP contribution in [0.4, 0.5) is 10.5 Å². The average Bonchev–Trinajstić information content (AvgIpc) is 3.19. The van der Waals surface area contributed by atoms with E-state index in [-0.39, 0.29) is 24.3 Å². The minimum atomic E-state index is -0.0807. The lowest BCUT2D eigenvalue weighted by atomic mass is 9.92. The largest absolute Gasteiger partial charge is 0.339 e. The van der Waals surface area contributed by atoms with Gasteiger partial charge >= 0.3 is 6.03 Å². The van der Waals surface area contributed by atoms with Gasteiger partial charge in [-0.1, -0.05) is 6.07 Å². The summed E-state index contributed by atoms with van der Waals surface area (Å²) in [4.78, 5) is 28.8. The molecule has 2 N–H and O–H groups in total. The number of nitrogens with one attached hydrogen (secondary N) is 2. The van der Waals surface area contributed by atoms with Gasteiger partial charge in [-0.15, -0.1) is 12.4 Å². The van der Waals surface area contributed by atoms with Crippen molar-refractivity contribution in [2.75, 3.05) is 44.2 Å². The second-order valence-electron chi connectivity index (χ2n) is 7.38. The number of carbonyl (C=O) groups is 2. The molecule has 142 valence electrons. The molecule has 4 rings (SSSR count). The predicted octanol–water partition coefficient (Wildman–Crippen LogP) is 2.02. The highest BCUT2D eigenvalue weighted by Gasteiger charge is 2.32. The number of hydrogen-bond donors (Lipinski definition) is 2. The van der Waals surface area contributed by atoms with Crippen LogP contribution in [0.25, 0.3) is 0 Å². The maximum atomic E-state index is 13.1. The van der Waals surface area contributed by atoms with Crippen LogP contribution in [0.5, 0.6) is 0 Å². The van der Waals surface area contributed by atoms with Crippen LogP contribution in [0.3, 0.4) is 0 Å². The highest BCUT2D eigenvalue weighted by Crippen LogP contribution is 2.29. The number of anilines is 1. The van der Waals surface area contributed by atoms with Crippen LogP contribution in [-0.4, -0.2) is 56.1 Å². The first kappa shape index (κ1) is 19.0. The van der Waals surface area contributed by atoms with Gasteiger partial charge in [-0.2, -0.15) is 0 Å². The van der Waals surface area contributed by atoms with E-state index in [1.165, 1.54) is 0 Å². The molecule has 2 atom stereocenters. The fourth-order valence-electron chi connectivity index (χ4n) is 4.44. The minimum Gasteiger partial charge on any atom is -0.339 e. The Morgan fingerprint density at radius 2 is 1.81 bits per heavy atom. The molecule has 7 heteroatoms. The third kappa shape index (κ3) is 3.40. The quantitative estimate of drug-likeness (QED) is 0.827. The van der Waals surface area contributed by atoms with E-state index in [0.29, 0.717) is 24.9 Å². The van der Waals surface area contributed by atoms with Gasteiger partial charge < -0.3 is 15.5 Å². The zero-order valence-electron chi connectivity index (χ0n) is 15.2. The van der Waals surface area contributed by atoms with Gasteiger partial charge in [0.1, 0.15) is 0 Å². The Bertz CT molecular complexity index is 682. The summed E-state index contributed by atoms with van der Waals surface area (Å²) in [5.74, 6) is 1.52. The maximum absolute atomic E-state index is 13.1. The molecule has 26 heavy (non-hydrogen) atoms. The summed E-state index contributed by atoms with van der Waals surface area (Å²) in [6, 6.07) is 5.62. The molecule has 0 saturated carbocycles. The Labute approximate surface area is 160 Å². The average molecular weight is 379 g/mol. The molecule has 1 aromatic rings. The number of halogens is 1. The molecule has 6 nitrogen and oxygen atoms in total. The van der Waals surface area contributed by atoms with Gasteiger partial charge in [0.05, 0.1) is 0 Å². The van der Waals surface area contributed by atoms with Crippen molar-refractivity contribution in [3.8, 4) is 0 Å². The number of rotatable bonds is 2. The fourth-order valence-corrected chi connectivity index (χ4v) is 4.44. The molecule has 3 aliphatic heterocycles. The summed E-state index contributed by atoms with van der Waals surface area (Å²) in [5.41, 5.74) is 2.47. The summed E-state index contributed by atoms with van der Waals surface area (Å²) in [6.07, 6.45) is 2.16. The van der Waals surface area contributed by atoms with Crippen LogP contribution in [-0.2, 0) is 0 Å². The summed E-state index contributed by atoms with van der Waals surface area (Å²) < 4.78 is 0. The smallest absolute Gasteiger partial charge is 0.322 e. The van der Waals surface area contributed by atoms with Gasteiger partial charge in [0.2, 0.25) is 0 Å². The Balaban J connectivity index is 0.00000196. The van der Waals surface area contributed by atoms with Crippen molar-refractivity contribution in [2.45, 2.75) is 19.8 Å². The highest BCUT2D eigenvalue weighted by atomic mass is 35.5. The van der Waals surface area contributed by atoms with E-state index in [1.807, 2.05) is 30.0 Å². The molecule has 3 heterocycles. The molecular formula is C19H27ClN4O2. The van der Waals surface area contributed by atoms with Crippen molar-refractivity contribution in [1.82, 2.24) is 15.5 Å². The molecule has 0 unspecified atom stereocenters. The van der Waals surface area contributed by atoms with Crippen molar-refractivity contribution < 1.29 is 9.59 Å². The van der Waals surface area contributed by atoms with E-state index >= 15 is 0 Å². The molecule has 0 radical (unpaired) electrons. The topological polar surface area (TPSA) is 64.7 Å². The van der Waals surface area contributed by atoms with Crippen molar-refractivity contribution >= 4 is 30.0 Å². The number of fused-ring (bicyclic) bond motifs is 1. The molecule has 0 bridgehead atoms. The van der Waals surface area contributed by atoms with Gasteiger partial charge in [-0.05, 0) is 62.4 Å². The zero-order chi connectivity index (χ0) is 17.4. The van der Waals surface area contributed by atoms with Crippen LogP contribution < -0.4 is 15.5 Å². The van der Waals surface area contributed by atoms with Gasteiger partial charge in [0.25, 0.3) is 5.91 Å². The standard InChI is InChI=1S/C19H26N4O2.ClH/c1-13-16(3-2-4-17(13)23-10-7-21-19(23)25)18(24)22-8-5-14-11-20-12-15(14)6-9-22;/h2-4,14-15,20H,5-12H2,1H3,(H,21,25);1H/t14-,15+;. The zero-order valence-corrected chi connectivity index (χ0v) is 16.0. The summed E-state index contributed by atoms with van der Waals surface area (Å²) >= 11 is 0. The molecule has 3 aliphatic rings. The van der Waals surface area contributed by atoms with Crippen molar-refractivity contribution in [2.24, 2.45) is 11.8 Å². The van der Waals surface area contributed by atoms with Crippen LogP contribution in [0.2, 0.25) is 0 Å². The van der Waals surface area contributed by atoms with E-state index in [1.54, 1.807) is 4.90 Å². The number of urea groups is 1. The number of amides is 3. The second kappa shape index (κ2) is 7.84. The number of carbonyl (C=O) groups excluding carboxylic acids is 2. The summed E-state index contributed by atoms with van der Waals surface area (Å²) in [6.45, 7) is 7.09. The molecule has 0 aliphatic carbocycles. The second-order valence-corrected chi connectivity index (χ2v) is 7.38. The highest BCUT2D eigenvalue weighted by molar-refractivity contribution is 6.00. The molecule has 1 aromatic carbocycles. The first-order valence-electron chi connectivity index (χ1n) is 9.30. The third-order valence-corrected chi connectivity index (χ3v) is 5.99. The van der Waals surface area contributed by atoms with Gasteiger partial charge in [0, 0.05) is 37.4 Å². The van der Waals surface area contributed by atoms with Gasteiger partial charge in [-0.3, -0.25) is 9.69 Å². The lowest BCUT2D eigenvalue weighted by Gasteiger charge is -2.24. The lowest BCUT2D eigenvalue weighted by molar-refractivity contribution is 0.0758. The van der Waals surface area contributed by atoms with Crippen molar-refractivity contribution in [1.29, 1.82) is 0 Å². The van der Waals surface area contributed by atoms with E-state index in [9.17, 15) is 9.59 Å². The van der Waals surface area contributed by atoms with E-state index in [2.05, 4.69) is 10.6 Å². The number of likely N-dealkylation sites (tertiary alicyclic amines) is 1. The molecule has 3 fully saturated rings. The lowest BCUT2D eigenvalue weighted by Crippen LogP contribution is -2.34. The van der Waals surface area contributed by atoms with Gasteiger partial charge in [0.15, 0.2) is 0 Å². The molecule has 3 amide bonds. The molecule has 3 saturated heterocycles. The van der Waals surface area contributed by atoms with Crippen molar-refractivity contribution in [3.05, 3.63) is 29.3 Å². The van der Waals surface area contributed by atoms with E-state index in [4.69, 9.17) is 0 Å². The normalized spacial score (nSPS) is 25.3. The SMILES string of the molecule is Cc1c(C(=O)N2CC[C@@H]3CNC[C@@H]3CC2)cccc1N1CCNC1=O.Cl. The molecule has 0 aromatic heterocycles. The Hall–Kier alpha value is -1.79. The fraction of sp³-hybridized carbons (Fsp3) is 0.579. The Morgan fingerprint density at radius 3 is 2.42 bits per heavy atom.